The van der Waals surface area contributed by atoms with Gasteiger partial charge in [0.1, 0.15) is 5.82 Å². The molecule has 1 aliphatic heterocycles. The van der Waals surface area contributed by atoms with Crippen LogP contribution in [0.4, 0.5) is 4.39 Å². The molecular formula is C20H32FNO5. The Morgan fingerprint density at radius 2 is 1.81 bits per heavy atom. The highest BCUT2D eigenvalue weighted by Crippen LogP contribution is 2.17. The van der Waals surface area contributed by atoms with E-state index in [0.717, 1.165) is 12.5 Å². The maximum absolute atomic E-state index is 11.9. The lowest BCUT2D eigenvalue weighted by Gasteiger charge is -2.32. The van der Waals surface area contributed by atoms with E-state index in [-0.39, 0.29) is 5.82 Å². The van der Waals surface area contributed by atoms with Crippen LogP contribution in [0.3, 0.4) is 0 Å². The second kappa shape index (κ2) is 16.2. The van der Waals surface area contributed by atoms with E-state index in [0.29, 0.717) is 0 Å². The molecule has 1 unspecified atom stereocenters. The summed E-state index contributed by atoms with van der Waals surface area (Å²) in [5, 5.41) is 14.8. The second-order valence-corrected chi connectivity index (χ2v) is 6.38. The molecule has 0 radical (unpaired) electrons. The van der Waals surface area contributed by atoms with Crippen LogP contribution in [0.25, 0.3) is 0 Å². The van der Waals surface area contributed by atoms with Gasteiger partial charge in [-0.3, -0.25) is 0 Å². The van der Waals surface area contributed by atoms with Crippen molar-refractivity contribution in [3.8, 4) is 0 Å². The average Bonchev–Trinajstić information content (AvgIpc) is 2.64. The van der Waals surface area contributed by atoms with E-state index in [1.165, 1.54) is 63.9 Å². The van der Waals surface area contributed by atoms with E-state index in [9.17, 15) is 4.39 Å². The summed E-state index contributed by atoms with van der Waals surface area (Å²) in [6, 6.07) is 7.94. The van der Waals surface area contributed by atoms with Crippen LogP contribution in [0.2, 0.25) is 0 Å². The summed E-state index contributed by atoms with van der Waals surface area (Å²) in [6.45, 7) is 7.09. The molecule has 7 heteroatoms. The predicted molar refractivity (Wildman–Crippen MR) is 102 cm³/mol. The molecule has 0 bridgehead atoms. The molecule has 1 atom stereocenters. The van der Waals surface area contributed by atoms with Gasteiger partial charge >= 0.3 is 11.9 Å². The zero-order valence-corrected chi connectivity index (χ0v) is 16.3. The van der Waals surface area contributed by atoms with Gasteiger partial charge in [-0.15, -0.1) is 0 Å². The molecule has 1 aliphatic rings. The molecule has 0 spiro atoms. The quantitative estimate of drug-likeness (QED) is 0.576. The fraction of sp³-hybridized carbons (Fsp3) is 0.600. The lowest BCUT2D eigenvalue weighted by Crippen LogP contribution is -2.37. The zero-order chi connectivity index (χ0) is 20.5. The molecule has 0 aromatic heterocycles. The number of piperidine rings is 1. The van der Waals surface area contributed by atoms with Crippen LogP contribution in [0.15, 0.2) is 30.3 Å². The van der Waals surface area contributed by atoms with E-state index in [4.69, 9.17) is 24.5 Å². The number of likely N-dealkylation sites (tertiary alicyclic amines) is 1. The Labute approximate surface area is 160 Å². The number of nitrogens with zero attached hydrogens (tertiary/aromatic N) is 1. The minimum atomic E-state index is -1.82. The maximum Gasteiger partial charge on any atom is 0.414 e. The highest BCUT2D eigenvalue weighted by Gasteiger charge is 2.18. The molecule has 1 saturated heterocycles. The number of aliphatic carboxylic acids is 2. The molecule has 27 heavy (non-hydrogen) atoms. The first kappa shape index (κ1) is 25.0. The number of halogens is 1. The van der Waals surface area contributed by atoms with Crippen molar-refractivity contribution in [2.45, 2.75) is 39.0 Å². The third-order valence-corrected chi connectivity index (χ3v) is 4.00. The van der Waals surface area contributed by atoms with Crippen molar-refractivity contribution in [3.05, 3.63) is 36.1 Å². The lowest BCUT2D eigenvalue weighted by atomic mass is 9.99. The molecule has 0 saturated carbocycles. The molecule has 2 rings (SSSR count). The van der Waals surface area contributed by atoms with Gasteiger partial charge in [0.25, 0.3) is 0 Å². The Balaban J connectivity index is 0.000000433. The zero-order valence-electron chi connectivity index (χ0n) is 16.3. The summed E-state index contributed by atoms with van der Waals surface area (Å²) in [7, 11) is 1.82. The molecule has 2 N–H and O–H groups in total. The topological polar surface area (TPSA) is 87.1 Å². The number of carboxylic acid groups (broad SMARTS) is 2. The molecule has 154 valence electrons. The van der Waals surface area contributed by atoms with Gasteiger partial charge in [0.15, 0.2) is 0 Å². The van der Waals surface area contributed by atoms with E-state index in [1.807, 2.05) is 7.11 Å². The fourth-order valence-corrected chi connectivity index (χ4v) is 2.73. The monoisotopic (exact) mass is 385 g/mol. The first-order valence-electron chi connectivity index (χ1n) is 9.28. The summed E-state index contributed by atoms with van der Waals surface area (Å²) >= 11 is 0. The van der Waals surface area contributed by atoms with Gasteiger partial charge in [-0.05, 0) is 50.4 Å². The van der Waals surface area contributed by atoms with E-state index in [2.05, 4.69) is 11.8 Å². The Hall–Kier alpha value is -1.99. The fourth-order valence-electron chi connectivity index (χ4n) is 2.73. The van der Waals surface area contributed by atoms with Crippen LogP contribution in [0, 0.1) is 11.7 Å². The van der Waals surface area contributed by atoms with Gasteiger partial charge in [0.2, 0.25) is 0 Å². The molecule has 1 aromatic carbocycles. The largest absolute Gasteiger partial charge is 0.473 e. The molecule has 1 fully saturated rings. The predicted octanol–water partition coefficient (Wildman–Crippen LogP) is 3.52. The smallest absolute Gasteiger partial charge is 0.414 e. The van der Waals surface area contributed by atoms with Crippen molar-refractivity contribution in [3.63, 3.8) is 0 Å². The van der Waals surface area contributed by atoms with Crippen LogP contribution in [-0.4, -0.2) is 60.4 Å². The Morgan fingerprint density at radius 1 is 1.19 bits per heavy atom. The van der Waals surface area contributed by atoms with Crippen molar-refractivity contribution >= 4 is 11.9 Å². The molecule has 1 aromatic rings. The first-order chi connectivity index (χ1) is 12.9. The van der Waals surface area contributed by atoms with Gasteiger partial charge < -0.3 is 19.8 Å². The number of rotatable bonds is 6. The number of hydrogen-bond donors (Lipinski definition) is 2. The van der Waals surface area contributed by atoms with Crippen LogP contribution in [0.1, 0.15) is 39.0 Å². The summed E-state index contributed by atoms with van der Waals surface area (Å²) in [5.41, 5.74) is 0. The standard InChI is InChI=1S/C12H25NO.C6H5F.C2H2O4/c1-3-4-5-8-13-9-6-7-12(10-13)11-14-2;7-6-4-2-1-3-5-6;3-1(4)2(5)6/h12H,3-11H2,1-2H3;1-5H;(H,3,4)(H,5,6). The second-order valence-electron chi connectivity index (χ2n) is 6.38. The summed E-state index contributed by atoms with van der Waals surface area (Å²) in [4.78, 5) is 20.8. The molecule has 6 nitrogen and oxygen atoms in total. The van der Waals surface area contributed by atoms with Crippen molar-refractivity contribution in [1.82, 2.24) is 4.90 Å². The third-order valence-electron chi connectivity index (χ3n) is 4.00. The Bertz CT molecular complexity index is 498. The number of carbonyl (C=O) groups is 2. The normalized spacial score (nSPS) is 16.3. The van der Waals surface area contributed by atoms with E-state index in [1.54, 1.807) is 18.2 Å². The van der Waals surface area contributed by atoms with Crippen molar-refractivity contribution < 1.29 is 28.9 Å². The van der Waals surface area contributed by atoms with Gasteiger partial charge in [0, 0.05) is 13.7 Å². The van der Waals surface area contributed by atoms with Crippen LogP contribution in [0.5, 0.6) is 0 Å². The van der Waals surface area contributed by atoms with Gasteiger partial charge in [-0.1, -0.05) is 38.0 Å². The minimum Gasteiger partial charge on any atom is -0.473 e. The number of methoxy groups -OCH3 is 1. The van der Waals surface area contributed by atoms with Crippen molar-refractivity contribution in [1.29, 1.82) is 0 Å². The lowest BCUT2D eigenvalue weighted by molar-refractivity contribution is -0.159. The average molecular weight is 385 g/mol. The van der Waals surface area contributed by atoms with Gasteiger partial charge in [-0.2, -0.15) is 0 Å². The van der Waals surface area contributed by atoms with E-state index >= 15 is 0 Å². The highest BCUT2D eigenvalue weighted by atomic mass is 19.1. The minimum absolute atomic E-state index is 0.178. The number of unbranched alkanes of at least 4 members (excludes halogenated alkanes) is 2. The van der Waals surface area contributed by atoms with Crippen LogP contribution >= 0.6 is 0 Å². The number of hydrogen-bond acceptors (Lipinski definition) is 4. The Kier molecular flexibility index (Phi) is 15.0. The van der Waals surface area contributed by atoms with Crippen LogP contribution < -0.4 is 0 Å². The molecule has 1 heterocycles. The van der Waals surface area contributed by atoms with Crippen LogP contribution in [-0.2, 0) is 14.3 Å². The van der Waals surface area contributed by atoms with Crippen molar-refractivity contribution in [2.75, 3.05) is 33.4 Å². The van der Waals surface area contributed by atoms with E-state index < -0.39 is 11.9 Å². The first-order valence-corrected chi connectivity index (χ1v) is 9.28. The summed E-state index contributed by atoms with van der Waals surface area (Å²) < 4.78 is 17.1. The SMILES string of the molecule is CCCCCN1CCCC(COC)C1.Fc1ccccc1.O=C(O)C(=O)O. The number of carboxylic acids is 2. The molecular weight excluding hydrogens is 353 g/mol. The van der Waals surface area contributed by atoms with Gasteiger partial charge in [0.05, 0.1) is 6.61 Å². The Morgan fingerprint density at radius 3 is 2.26 bits per heavy atom. The number of benzene rings is 1. The third kappa shape index (κ3) is 14.8. The number of ether oxygens (including phenoxy) is 1. The summed E-state index contributed by atoms with van der Waals surface area (Å²) in [5.74, 6) is -3.04. The highest BCUT2D eigenvalue weighted by molar-refractivity contribution is 6.27. The molecule has 0 aliphatic carbocycles. The van der Waals surface area contributed by atoms with Gasteiger partial charge in [-0.25, -0.2) is 14.0 Å². The summed E-state index contributed by atoms with van der Waals surface area (Å²) in [6.07, 6.45) is 6.80. The maximum atomic E-state index is 11.9. The van der Waals surface area contributed by atoms with Crippen molar-refractivity contribution in [2.24, 2.45) is 5.92 Å². The molecule has 0 amide bonds.